The predicted molar refractivity (Wildman–Crippen MR) is 96.5 cm³/mol. The van der Waals surface area contributed by atoms with Gasteiger partial charge in [0, 0.05) is 12.1 Å². The molecule has 0 atom stereocenters. The lowest BCUT2D eigenvalue weighted by atomic mass is 10.0. The van der Waals surface area contributed by atoms with Crippen molar-refractivity contribution < 1.29 is 24.2 Å². The van der Waals surface area contributed by atoms with Crippen LogP contribution in [0.4, 0.5) is 0 Å². The lowest BCUT2D eigenvalue weighted by molar-refractivity contribution is 0.0426. The first kappa shape index (κ1) is 19.7. The second kappa shape index (κ2) is 9.15. The minimum Gasteiger partial charge on any atom is -0.497 e. The molecule has 1 aromatic rings. The Hall–Kier alpha value is -2.67. The van der Waals surface area contributed by atoms with Gasteiger partial charge in [0.1, 0.15) is 18.1 Å². The van der Waals surface area contributed by atoms with Crippen molar-refractivity contribution in [3.63, 3.8) is 0 Å². The molecule has 7 nitrogen and oxygen atoms in total. The number of allylic oxidation sites excluding steroid dienone is 2. The Kier molecular flexibility index (Phi) is 6.91. The molecular weight excluding hydrogens is 336 g/mol. The zero-order valence-electron chi connectivity index (χ0n) is 15.1. The standard InChI is InChI=1S/C19H24N2O5/c1-12(10-13(2)25-3)15-6-7-16(18(23)20-11-14-4-5-14)21-17(15)19(24)26-9-8-22/h6-7,10,14,22H,2,4-5,8-9,11H2,1,3H3,(H,20,23)/b12-10+. The van der Waals surface area contributed by atoms with E-state index in [4.69, 9.17) is 14.6 Å². The van der Waals surface area contributed by atoms with Crippen LogP contribution in [0.15, 0.2) is 30.5 Å². The highest BCUT2D eigenvalue weighted by Crippen LogP contribution is 2.27. The molecule has 0 unspecified atom stereocenters. The molecule has 1 aromatic heterocycles. The van der Waals surface area contributed by atoms with Gasteiger partial charge in [-0.3, -0.25) is 4.79 Å². The van der Waals surface area contributed by atoms with Gasteiger partial charge in [-0.05, 0) is 49.5 Å². The van der Waals surface area contributed by atoms with Gasteiger partial charge in [-0.2, -0.15) is 0 Å². The van der Waals surface area contributed by atoms with Crippen molar-refractivity contribution in [2.75, 3.05) is 26.9 Å². The maximum Gasteiger partial charge on any atom is 0.357 e. The van der Waals surface area contributed by atoms with Gasteiger partial charge in [-0.1, -0.05) is 6.58 Å². The molecule has 1 amide bonds. The summed E-state index contributed by atoms with van der Waals surface area (Å²) in [6.45, 7) is 5.67. The quantitative estimate of drug-likeness (QED) is 0.397. The minimum absolute atomic E-state index is 0.00942. The summed E-state index contributed by atoms with van der Waals surface area (Å²) in [5, 5.41) is 11.7. The SMILES string of the molecule is C=C(/C=C(\C)c1ccc(C(=O)NCC2CC2)nc1C(=O)OCCO)OC. The third kappa shape index (κ3) is 5.42. The van der Waals surface area contributed by atoms with E-state index in [1.54, 1.807) is 25.1 Å². The molecule has 2 N–H and O–H groups in total. The number of ether oxygens (including phenoxy) is 2. The van der Waals surface area contributed by atoms with Gasteiger partial charge in [0.15, 0.2) is 5.69 Å². The van der Waals surface area contributed by atoms with Gasteiger partial charge in [0.2, 0.25) is 0 Å². The number of hydrogen-bond acceptors (Lipinski definition) is 6. The van der Waals surface area contributed by atoms with E-state index < -0.39 is 5.97 Å². The third-order valence-corrected chi connectivity index (χ3v) is 3.96. The summed E-state index contributed by atoms with van der Waals surface area (Å²) in [5.74, 6) is -0.0786. The predicted octanol–water partition coefficient (Wildman–Crippen LogP) is 1.93. The van der Waals surface area contributed by atoms with Crippen LogP contribution in [0.3, 0.4) is 0 Å². The summed E-state index contributed by atoms with van der Waals surface area (Å²) >= 11 is 0. The maximum atomic E-state index is 12.3. The largest absolute Gasteiger partial charge is 0.497 e. The topological polar surface area (TPSA) is 97.8 Å². The average molecular weight is 360 g/mol. The smallest absolute Gasteiger partial charge is 0.357 e. The highest BCUT2D eigenvalue weighted by Gasteiger charge is 2.23. The fourth-order valence-electron chi connectivity index (χ4n) is 2.29. The summed E-state index contributed by atoms with van der Waals surface area (Å²) in [4.78, 5) is 28.8. The summed E-state index contributed by atoms with van der Waals surface area (Å²) < 4.78 is 10.0. The fraction of sp³-hybridized carbons (Fsp3) is 0.421. The number of esters is 1. The van der Waals surface area contributed by atoms with Crippen LogP contribution >= 0.6 is 0 Å². The monoisotopic (exact) mass is 360 g/mol. The van der Waals surface area contributed by atoms with Crippen molar-refractivity contribution in [1.29, 1.82) is 0 Å². The Morgan fingerprint density at radius 3 is 2.77 bits per heavy atom. The first-order valence-corrected chi connectivity index (χ1v) is 8.45. The molecule has 0 aromatic carbocycles. The Balaban J connectivity index is 2.30. The number of pyridine rings is 1. The van der Waals surface area contributed by atoms with E-state index >= 15 is 0 Å². The van der Waals surface area contributed by atoms with E-state index in [9.17, 15) is 9.59 Å². The number of methoxy groups -OCH3 is 1. The molecule has 0 radical (unpaired) electrons. The second-order valence-electron chi connectivity index (χ2n) is 6.10. The molecule has 0 spiro atoms. The molecule has 140 valence electrons. The Morgan fingerprint density at radius 1 is 1.42 bits per heavy atom. The van der Waals surface area contributed by atoms with Crippen molar-refractivity contribution in [1.82, 2.24) is 10.3 Å². The number of carbonyl (C=O) groups excluding carboxylic acids is 2. The van der Waals surface area contributed by atoms with Gasteiger partial charge in [-0.25, -0.2) is 9.78 Å². The van der Waals surface area contributed by atoms with Crippen molar-refractivity contribution >= 4 is 17.4 Å². The normalized spacial score (nSPS) is 13.9. The lowest BCUT2D eigenvalue weighted by Gasteiger charge is -2.11. The van der Waals surface area contributed by atoms with E-state index in [0.29, 0.717) is 29.4 Å². The molecule has 1 aliphatic carbocycles. The Morgan fingerprint density at radius 2 is 2.15 bits per heavy atom. The molecule has 1 fully saturated rings. The number of aromatic nitrogens is 1. The van der Waals surface area contributed by atoms with Crippen LogP contribution in [0.2, 0.25) is 0 Å². The fourth-order valence-corrected chi connectivity index (χ4v) is 2.29. The summed E-state index contributed by atoms with van der Waals surface area (Å²) in [6.07, 6.45) is 3.91. The van der Waals surface area contributed by atoms with Gasteiger partial charge in [-0.15, -0.1) is 0 Å². The number of rotatable bonds is 9. The number of amides is 1. The Bertz CT molecular complexity index is 723. The summed E-state index contributed by atoms with van der Waals surface area (Å²) in [5.41, 5.74) is 1.34. The third-order valence-electron chi connectivity index (χ3n) is 3.96. The molecule has 1 aliphatic rings. The van der Waals surface area contributed by atoms with Crippen LogP contribution in [0.1, 0.15) is 46.3 Å². The highest BCUT2D eigenvalue weighted by molar-refractivity contribution is 5.97. The van der Waals surface area contributed by atoms with Gasteiger partial charge in [0.05, 0.1) is 13.7 Å². The van der Waals surface area contributed by atoms with Crippen LogP contribution in [0.5, 0.6) is 0 Å². The average Bonchev–Trinajstić information content (AvgIpc) is 3.47. The number of carbonyl (C=O) groups is 2. The minimum atomic E-state index is -0.707. The van der Waals surface area contributed by atoms with E-state index in [0.717, 1.165) is 12.8 Å². The second-order valence-corrected chi connectivity index (χ2v) is 6.10. The first-order chi connectivity index (χ1) is 12.5. The van der Waals surface area contributed by atoms with Gasteiger partial charge in [0.25, 0.3) is 5.91 Å². The molecular formula is C19H24N2O5. The van der Waals surface area contributed by atoms with E-state index in [1.165, 1.54) is 7.11 Å². The summed E-state index contributed by atoms with van der Waals surface area (Å²) in [6, 6.07) is 3.21. The molecule has 7 heteroatoms. The van der Waals surface area contributed by atoms with Gasteiger partial charge < -0.3 is 19.9 Å². The molecule has 0 aliphatic heterocycles. The molecule has 2 rings (SSSR count). The molecule has 1 saturated carbocycles. The number of aliphatic hydroxyl groups excluding tert-OH is 1. The molecule has 0 saturated heterocycles. The first-order valence-electron chi connectivity index (χ1n) is 8.45. The van der Waals surface area contributed by atoms with Crippen LogP contribution in [0, 0.1) is 5.92 Å². The van der Waals surface area contributed by atoms with Crippen LogP contribution in [-0.2, 0) is 9.47 Å². The lowest BCUT2D eigenvalue weighted by Crippen LogP contribution is -2.27. The number of nitrogens with one attached hydrogen (secondary N) is 1. The van der Waals surface area contributed by atoms with E-state index in [2.05, 4.69) is 16.9 Å². The molecule has 1 heterocycles. The number of aliphatic hydroxyl groups is 1. The van der Waals surface area contributed by atoms with Crippen molar-refractivity contribution in [2.45, 2.75) is 19.8 Å². The zero-order valence-corrected chi connectivity index (χ0v) is 15.1. The van der Waals surface area contributed by atoms with Crippen molar-refractivity contribution in [2.24, 2.45) is 5.92 Å². The van der Waals surface area contributed by atoms with E-state index in [-0.39, 0.29) is 30.5 Å². The maximum absolute atomic E-state index is 12.3. The molecule has 0 bridgehead atoms. The van der Waals surface area contributed by atoms with Crippen LogP contribution in [-0.4, -0.2) is 48.8 Å². The summed E-state index contributed by atoms with van der Waals surface area (Å²) in [7, 11) is 1.49. The van der Waals surface area contributed by atoms with Crippen molar-refractivity contribution in [3.8, 4) is 0 Å². The van der Waals surface area contributed by atoms with Crippen LogP contribution < -0.4 is 5.32 Å². The molecule has 26 heavy (non-hydrogen) atoms. The van der Waals surface area contributed by atoms with Crippen LogP contribution in [0.25, 0.3) is 5.57 Å². The van der Waals surface area contributed by atoms with Crippen molar-refractivity contribution in [3.05, 3.63) is 47.5 Å². The highest BCUT2D eigenvalue weighted by atomic mass is 16.5. The van der Waals surface area contributed by atoms with Gasteiger partial charge >= 0.3 is 5.97 Å². The zero-order chi connectivity index (χ0) is 19.1. The van der Waals surface area contributed by atoms with E-state index in [1.807, 2.05) is 0 Å². The number of nitrogens with zero attached hydrogens (tertiary/aromatic N) is 1. The Labute approximate surface area is 152 Å². The number of hydrogen-bond donors (Lipinski definition) is 2.